The van der Waals surface area contributed by atoms with Crippen molar-refractivity contribution in [2.24, 2.45) is 0 Å². The van der Waals surface area contributed by atoms with Crippen molar-refractivity contribution >= 4 is 35.0 Å². The highest BCUT2D eigenvalue weighted by atomic mass is 35.5. The van der Waals surface area contributed by atoms with Crippen molar-refractivity contribution in [3.8, 4) is 11.1 Å². The van der Waals surface area contributed by atoms with E-state index in [1.54, 1.807) is 30.5 Å². The fourth-order valence-corrected chi connectivity index (χ4v) is 5.66. The van der Waals surface area contributed by atoms with Gasteiger partial charge < -0.3 is 15.1 Å². The Kier molecular flexibility index (Phi) is 7.71. The van der Waals surface area contributed by atoms with E-state index in [2.05, 4.69) is 20.1 Å². The van der Waals surface area contributed by atoms with Crippen molar-refractivity contribution in [1.82, 2.24) is 14.9 Å². The lowest BCUT2D eigenvalue weighted by Gasteiger charge is -2.40. The fourth-order valence-electron chi connectivity index (χ4n) is 5.12. The van der Waals surface area contributed by atoms with Gasteiger partial charge in [0.05, 0.1) is 0 Å². The van der Waals surface area contributed by atoms with Crippen LogP contribution in [-0.2, 0) is 6.54 Å². The topological polar surface area (TPSA) is 44.3 Å². The summed E-state index contributed by atoms with van der Waals surface area (Å²) in [5.74, 6) is 0.911. The van der Waals surface area contributed by atoms with Crippen molar-refractivity contribution in [2.75, 3.05) is 36.4 Å². The van der Waals surface area contributed by atoms with E-state index in [-0.39, 0.29) is 5.82 Å². The molecule has 0 bridgehead atoms. The third kappa shape index (κ3) is 5.55. The molecule has 0 unspecified atom stereocenters. The fraction of sp³-hybridized carbons (Fsp3) is 0.407. The van der Waals surface area contributed by atoms with Gasteiger partial charge in [0.1, 0.15) is 11.6 Å². The molecule has 3 heterocycles. The Labute approximate surface area is 216 Å². The third-order valence-corrected chi connectivity index (χ3v) is 7.80. The summed E-state index contributed by atoms with van der Waals surface area (Å²) in [4.78, 5) is 14.4. The number of likely N-dealkylation sites (tertiary alicyclic amines) is 1. The normalized spacial score (nSPS) is 17.5. The second-order valence-electron chi connectivity index (χ2n) is 9.28. The van der Waals surface area contributed by atoms with Gasteiger partial charge >= 0.3 is 0 Å². The quantitative estimate of drug-likeness (QED) is 0.399. The average molecular weight is 514 g/mol. The highest BCUT2D eigenvalue weighted by molar-refractivity contribution is 6.36. The number of aromatic nitrogens is 2. The van der Waals surface area contributed by atoms with Crippen molar-refractivity contribution in [3.63, 3.8) is 0 Å². The van der Waals surface area contributed by atoms with E-state index in [9.17, 15) is 4.39 Å². The molecule has 0 saturated carbocycles. The van der Waals surface area contributed by atoms with Gasteiger partial charge in [0.15, 0.2) is 0 Å². The molecule has 5 nitrogen and oxygen atoms in total. The van der Waals surface area contributed by atoms with Gasteiger partial charge in [0.25, 0.3) is 0 Å². The van der Waals surface area contributed by atoms with Gasteiger partial charge in [0.2, 0.25) is 5.95 Å². The van der Waals surface area contributed by atoms with E-state index in [1.807, 2.05) is 12.1 Å². The molecule has 8 heteroatoms. The van der Waals surface area contributed by atoms with Crippen molar-refractivity contribution in [3.05, 3.63) is 70.1 Å². The number of nitrogens with one attached hydrogen (secondary N) is 1. The maximum absolute atomic E-state index is 14.7. The molecule has 2 aliphatic heterocycles. The zero-order chi connectivity index (χ0) is 24.2. The SMILES string of the molecule is Fc1ccccc1-c1cnc(N2CCC(N3CCCCC3)CC2)nc1NCc1c(Cl)cccc1Cl. The molecule has 0 atom stereocenters. The molecule has 2 aromatic carbocycles. The van der Waals surface area contributed by atoms with Gasteiger partial charge in [-0.1, -0.05) is 53.9 Å². The van der Waals surface area contributed by atoms with Gasteiger partial charge in [-0.2, -0.15) is 4.98 Å². The van der Waals surface area contributed by atoms with E-state index < -0.39 is 0 Å². The first-order valence-electron chi connectivity index (χ1n) is 12.4. The minimum atomic E-state index is -0.315. The summed E-state index contributed by atoms with van der Waals surface area (Å²) in [6, 6.07) is 12.7. The first-order chi connectivity index (χ1) is 17.1. The predicted molar refractivity (Wildman–Crippen MR) is 142 cm³/mol. The summed E-state index contributed by atoms with van der Waals surface area (Å²) in [6.45, 7) is 4.63. The smallest absolute Gasteiger partial charge is 0.227 e. The summed E-state index contributed by atoms with van der Waals surface area (Å²) in [6.07, 6.45) is 7.91. The number of anilines is 2. The predicted octanol–water partition coefficient (Wildman–Crippen LogP) is 6.66. The second kappa shape index (κ2) is 11.1. The van der Waals surface area contributed by atoms with E-state index in [0.29, 0.717) is 45.5 Å². The summed E-state index contributed by atoms with van der Waals surface area (Å²) >= 11 is 12.8. The van der Waals surface area contributed by atoms with Gasteiger partial charge in [-0.3, -0.25) is 0 Å². The highest BCUT2D eigenvalue weighted by Gasteiger charge is 2.27. The molecule has 1 aromatic heterocycles. The van der Waals surface area contributed by atoms with Gasteiger partial charge in [0, 0.05) is 58.6 Å². The average Bonchev–Trinajstić information content (AvgIpc) is 2.89. The number of benzene rings is 2. The molecular weight excluding hydrogens is 484 g/mol. The first-order valence-corrected chi connectivity index (χ1v) is 13.1. The van der Waals surface area contributed by atoms with E-state index >= 15 is 0 Å². The monoisotopic (exact) mass is 513 g/mol. The van der Waals surface area contributed by atoms with Crippen LogP contribution in [-0.4, -0.2) is 47.1 Å². The molecule has 5 rings (SSSR count). The summed E-state index contributed by atoms with van der Waals surface area (Å²) in [5, 5.41) is 4.51. The summed E-state index contributed by atoms with van der Waals surface area (Å²) in [7, 11) is 0. The zero-order valence-corrected chi connectivity index (χ0v) is 21.2. The number of halogens is 3. The molecule has 35 heavy (non-hydrogen) atoms. The van der Waals surface area contributed by atoms with Crippen LogP contribution in [0.5, 0.6) is 0 Å². The van der Waals surface area contributed by atoms with Crippen molar-refractivity contribution in [2.45, 2.75) is 44.7 Å². The van der Waals surface area contributed by atoms with Crippen molar-refractivity contribution in [1.29, 1.82) is 0 Å². The molecule has 3 aromatic rings. The molecule has 2 aliphatic rings. The molecule has 0 radical (unpaired) electrons. The van der Waals surface area contributed by atoms with Gasteiger partial charge in [-0.15, -0.1) is 0 Å². The Morgan fingerprint density at radius 2 is 1.60 bits per heavy atom. The lowest BCUT2D eigenvalue weighted by molar-refractivity contribution is 0.141. The number of hydrogen-bond acceptors (Lipinski definition) is 5. The standard InChI is InChI=1S/C27H30Cl2FN5/c28-23-8-6-9-24(29)22(23)18-31-26-21(20-7-2-3-10-25(20)30)17-32-27(33-26)35-15-11-19(12-16-35)34-13-4-1-5-14-34/h2-3,6-10,17,19H,1,4-5,11-16,18H2,(H,31,32,33). The van der Waals surface area contributed by atoms with Gasteiger partial charge in [-0.05, 0) is 57.0 Å². The Morgan fingerprint density at radius 3 is 2.31 bits per heavy atom. The van der Waals surface area contributed by atoms with Crippen LogP contribution in [0.2, 0.25) is 10.0 Å². The summed E-state index contributed by atoms with van der Waals surface area (Å²) in [5.41, 5.74) is 1.84. The molecule has 0 spiro atoms. The largest absolute Gasteiger partial charge is 0.365 e. The number of nitrogens with zero attached hydrogens (tertiary/aromatic N) is 4. The Morgan fingerprint density at radius 1 is 0.886 bits per heavy atom. The zero-order valence-electron chi connectivity index (χ0n) is 19.7. The molecule has 0 aliphatic carbocycles. The second-order valence-corrected chi connectivity index (χ2v) is 10.1. The van der Waals surface area contributed by atoms with Crippen LogP contribution >= 0.6 is 23.2 Å². The molecule has 1 N–H and O–H groups in total. The molecule has 184 valence electrons. The molecule has 2 saturated heterocycles. The number of hydrogen-bond donors (Lipinski definition) is 1. The minimum Gasteiger partial charge on any atom is -0.365 e. The van der Waals surface area contributed by atoms with Crippen LogP contribution < -0.4 is 10.2 Å². The van der Waals surface area contributed by atoms with Gasteiger partial charge in [-0.25, -0.2) is 9.37 Å². The third-order valence-electron chi connectivity index (χ3n) is 7.09. The lowest BCUT2D eigenvalue weighted by atomic mass is 10.00. The van der Waals surface area contributed by atoms with Crippen LogP contribution in [0.3, 0.4) is 0 Å². The van der Waals surface area contributed by atoms with E-state index in [4.69, 9.17) is 28.2 Å². The van der Waals surface area contributed by atoms with Crippen molar-refractivity contribution < 1.29 is 4.39 Å². The molecular formula is C27H30Cl2FN5. The van der Waals surface area contributed by atoms with Crippen LogP contribution in [0, 0.1) is 5.82 Å². The van der Waals surface area contributed by atoms with Crippen LogP contribution in [0.4, 0.5) is 16.2 Å². The number of piperidine rings is 2. The summed E-state index contributed by atoms with van der Waals surface area (Å²) < 4.78 is 14.7. The molecule has 0 amide bonds. The first kappa shape index (κ1) is 24.3. The van der Waals surface area contributed by atoms with E-state index in [1.165, 1.54) is 38.4 Å². The Balaban J connectivity index is 1.38. The maximum Gasteiger partial charge on any atom is 0.227 e. The minimum absolute atomic E-state index is 0.315. The highest BCUT2D eigenvalue weighted by Crippen LogP contribution is 2.32. The Bertz CT molecular complexity index is 1140. The van der Waals surface area contributed by atoms with E-state index in [0.717, 1.165) is 31.5 Å². The number of rotatable bonds is 6. The van der Waals surface area contributed by atoms with Crippen LogP contribution in [0.15, 0.2) is 48.7 Å². The van der Waals surface area contributed by atoms with Crippen LogP contribution in [0.1, 0.15) is 37.7 Å². The molecule has 2 fully saturated rings. The maximum atomic E-state index is 14.7. The lowest BCUT2D eigenvalue weighted by Crippen LogP contribution is -2.47. The Hall–Kier alpha value is -2.41. The van der Waals surface area contributed by atoms with Crippen LogP contribution in [0.25, 0.3) is 11.1 Å².